The van der Waals surface area contributed by atoms with Gasteiger partial charge in [0.05, 0.1) is 15.5 Å². The van der Waals surface area contributed by atoms with Crippen LogP contribution in [-0.2, 0) is 0 Å². The van der Waals surface area contributed by atoms with E-state index in [0.717, 1.165) is 0 Å². The molecule has 2 rings (SSSR count). The predicted molar refractivity (Wildman–Crippen MR) is 70.0 cm³/mol. The molecule has 0 spiro atoms. The molecule has 0 aliphatic carbocycles. The summed E-state index contributed by atoms with van der Waals surface area (Å²) in [5, 5.41) is 11.1. The molecule has 0 unspecified atom stereocenters. The summed E-state index contributed by atoms with van der Waals surface area (Å²) in [6, 6.07) is 10.6. The zero-order valence-corrected chi connectivity index (χ0v) is 10.3. The van der Waals surface area contributed by atoms with Crippen molar-refractivity contribution in [3.8, 4) is 11.5 Å². The summed E-state index contributed by atoms with van der Waals surface area (Å²) in [4.78, 5) is 21.3. The van der Waals surface area contributed by atoms with Crippen LogP contribution in [0.25, 0.3) is 0 Å². The first-order valence-electron chi connectivity index (χ1n) is 5.28. The van der Waals surface area contributed by atoms with Gasteiger partial charge in [-0.1, -0.05) is 29.8 Å². The van der Waals surface area contributed by atoms with Gasteiger partial charge in [-0.3, -0.25) is 14.9 Å². The Bertz CT molecular complexity index is 642. The number of nitro groups is 1. The molecule has 96 valence electrons. The van der Waals surface area contributed by atoms with Crippen molar-refractivity contribution in [2.45, 2.75) is 0 Å². The van der Waals surface area contributed by atoms with E-state index in [2.05, 4.69) is 0 Å². The Morgan fingerprint density at radius 2 is 1.79 bits per heavy atom. The Kier molecular flexibility index (Phi) is 3.77. The number of aldehydes is 1. The minimum absolute atomic E-state index is 0.0536. The highest BCUT2D eigenvalue weighted by Crippen LogP contribution is 2.34. The lowest BCUT2D eigenvalue weighted by molar-refractivity contribution is -0.385. The normalized spacial score (nSPS) is 9.95. The van der Waals surface area contributed by atoms with Gasteiger partial charge in [-0.25, -0.2) is 0 Å². The number of rotatable bonds is 4. The number of carbonyl (C=O) groups is 1. The molecule has 5 nitrogen and oxygen atoms in total. The summed E-state index contributed by atoms with van der Waals surface area (Å²) in [6.45, 7) is 0. The zero-order chi connectivity index (χ0) is 13.8. The van der Waals surface area contributed by atoms with E-state index in [1.54, 1.807) is 12.1 Å². The van der Waals surface area contributed by atoms with Gasteiger partial charge in [0, 0.05) is 6.07 Å². The second kappa shape index (κ2) is 5.49. The number of carbonyl (C=O) groups excluding carboxylic acids is 1. The molecule has 0 aromatic heterocycles. The smallest absolute Gasteiger partial charge is 0.311 e. The van der Waals surface area contributed by atoms with Crippen molar-refractivity contribution in [3.05, 3.63) is 63.2 Å². The van der Waals surface area contributed by atoms with Crippen LogP contribution < -0.4 is 4.74 Å². The fourth-order valence-corrected chi connectivity index (χ4v) is 1.74. The average molecular weight is 278 g/mol. The molecule has 6 heteroatoms. The molecular weight excluding hydrogens is 270 g/mol. The van der Waals surface area contributed by atoms with Gasteiger partial charge in [0.25, 0.3) is 0 Å². The van der Waals surface area contributed by atoms with Crippen LogP contribution in [0.2, 0.25) is 5.02 Å². The Balaban J connectivity index is 2.45. The van der Waals surface area contributed by atoms with E-state index in [9.17, 15) is 14.9 Å². The van der Waals surface area contributed by atoms with E-state index in [1.807, 2.05) is 0 Å². The number of nitro benzene ring substituents is 1. The first-order chi connectivity index (χ1) is 9.13. The van der Waals surface area contributed by atoms with Crippen molar-refractivity contribution in [2.24, 2.45) is 0 Å². The Hall–Kier alpha value is -2.40. The minimum Gasteiger partial charge on any atom is -0.449 e. The molecule has 0 saturated heterocycles. The monoisotopic (exact) mass is 277 g/mol. The van der Waals surface area contributed by atoms with Crippen LogP contribution in [-0.4, -0.2) is 11.2 Å². The Morgan fingerprint density at radius 3 is 2.47 bits per heavy atom. The molecular formula is C13H8ClNO4. The Morgan fingerprint density at radius 1 is 1.11 bits per heavy atom. The second-order valence-electron chi connectivity index (χ2n) is 3.60. The number of halogens is 1. The van der Waals surface area contributed by atoms with Gasteiger partial charge in [-0.2, -0.15) is 0 Å². The zero-order valence-electron chi connectivity index (χ0n) is 9.58. The maximum atomic E-state index is 11.0. The van der Waals surface area contributed by atoms with Crippen LogP contribution in [0, 0.1) is 10.1 Å². The molecule has 0 N–H and O–H groups in total. The first-order valence-corrected chi connectivity index (χ1v) is 5.66. The Labute approximate surface area is 113 Å². The third-order valence-electron chi connectivity index (χ3n) is 2.41. The lowest BCUT2D eigenvalue weighted by atomic mass is 10.2. The number of hydrogen-bond acceptors (Lipinski definition) is 4. The molecule has 2 aromatic carbocycles. The van der Waals surface area contributed by atoms with Crippen molar-refractivity contribution in [1.82, 2.24) is 0 Å². The van der Waals surface area contributed by atoms with Gasteiger partial charge in [0.2, 0.25) is 5.75 Å². The van der Waals surface area contributed by atoms with Crippen LogP contribution in [0.5, 0.6) is 11.5 Å². The molecule has 0 atom stereocenters. The van der Waals surface area contributed by atoms with Crippen molar-refractivity contribution in [2.75, 3.05) is 0 Å². The maximum absolute atomic E-state index is 11.0. The van der Waals surface area contributed by atoms with E-state index < -0.39 is 4.92 Å². The van der Waals surface area contributed by atoms with Gasteiger partial charge in [0.15, 0.2) is 6.29 Å². The van der Waals surface area contributed by atoms with E-state index in [4.69, 9.17) is 16.3 Å². The van der Waals surface area contributed by atoms with Crippen LogP contribution >= 0.6 is 11.6 Å². The van der Waals surface area contributed by atoms with Crippen LogP contribution in [0.15, 0.2) is 42.5 Å². The standard InChI is InChI=1S/C13H8ClNO4/c14-10-4-3-7-12(9(10)8-16)19-13-6-2-1-5-11(13)15(17)18/h1-8H. The third kappa shape index (κ3) is 2.71. The first kappa shape index (κ1) is 13.0. The maximum Gasteiger partial charge on any atom is 0.311 e. The summed E-state index contributed by atoms with van der Waals surface area (Å²) in [6.07, 6.45) is 0.548. The van der Waals surface area contributed by atoms with E-state index >= 15 is 0 Å². The van der Waals surface area contributed by atoms with Crippen LogP contribution in [0.3, 0.4) is 0 Å². The predicted octanol–water partition coefficient (Wildman–Crippen LogP) is 3.85. The fourth-order valence-electron chi connectivity index (χ4n) is 1.53. The van der Waals surface area contributed by atoms with Gasteiger partial charge < -0.3 is 4.74 Å². The molecule has 0 heterocycles. The minimum atomic E-state index is -0.555. The average Bonchev–Trinajstić information content (AvgIpc) is 2.39. The number of para-hydroxylation sites is 2. The molecule has 0 aliphatic rings. The topological polar surface area (TPSA) is 69.4 Å². The summed E-state index contributed by atoms with van der Waals surface area (Å²) < 4.78 is 5.42. The highest BCUT2D eigenvalue weighted by Gasteiger charge is 2.16. The number of ether oxygens (including phenoxy) is 1. The van der Waals surface area contributed by atoms with Gasteiger partial charge in [-0.05, 0) is 18.2 Å². The molecule has 0 radical (unpaired) electrons. The molecule has 2 aromatic rings. The summed E-state index contributed by atoms with van der Waals surface area (Å²) in [5.74, 6) is 0.231. The highest BCUT2D eigenvalue weighted by atomic mass is 35.5. The van der Waals surface area contributed by atoms with E-state index in [1.165, 1.54) is 30.3 Å². The van der Waals surface area contributed by atoms with Gasteiger partial charge in [-0.15, -0.1) is 0 Å². The lowest BCUT2D eigenvalue weighted by Gasteiger charge is -2.08. The van der Waals surface area contributed by atoms with Crippen molar-refractivity contribution in [1.29, 1.82) is 0 Å². The SMILES string of the molecule is O=Cc1c(Cl)cccc1Oc1ccccc1[N+](=O)[O-]. The summed E-state index contributed by atoms with van der Waals surface area (Å²) in [7, 11) is 0. The van der Waals surface area contributed by atoms with E-state index in [-0.39, 0.29) is 27.8 Å². The third-order valence-corrected chi connectivity index (χ3v) is 2.74. The van der Waals surface area contributed by atoms with Crippen molar-refractivity contribution >= 4 is 23.6 Å². The molecule has 19 heavy (non-hydrogen) atoms. The molecule has 0 aliphatic heterocycles. The fraction of sp³-hybridized carbons (Fsp3) is 0. The summed E-state index contributed by atoms with van der Waals surface area (Å²) in [5.41, 5.74) is -0.0263. The van der Waals surface area contributed by atoms with Crippen molar-refractivity contribution in [3.63, 3.8) is 0 Å². The molecule has 0 bridgehead atoms. The van der Waals surface area contributed by atoms with Crippen LogP contribution in [0.4, 0.5) is 5.69 Å². The molecule has 0 fully saturated rings. The summed E-state index contributed by atoms with van der Waals surface area (Å²) >= 11 is 5.85. The van der Waals surface area contributed by atoms with Crippen molar-refractivity contribution < 1.29 is 14.5 Å². The van der Waals surface area contributed by atoms with Gasteiger partial charge >= 0.3 is 5.69 Å². The van der Waals surface area contributed by atoms with E-state index in [0.29, 0.717) is 6.29 Å². The molecule has 0 amide bonds. The number of nitrogens with zero attached hydrogens (tertiary/aromatic N) is 1. The van der Waals surface area contributed by atoms with Crippen LogP contribution in [0.1, 0.15) is 10.4 Å². The highest BCUT2D eigenvalue weighted by molar-refractivity contribution is 6.33. The number of hydrogen-bond donors (Lipinski definition) is 0. The second-order valence-corrected chi connectivity index (χ2v) is 4.00. The van der Waals surface area contributed by atoms with Gasteiger partial charge in [0.1, 0.15) is 5.75 Å². The lowest BCUT2D eigenvalue weighted by Crippen LogP contribution is -1.95. The quantitative estimate of drug-likeness (QED) is 0.483. The molecule has 0 saturated carbocycles. The number of benzene rings is 2. The largest absolute Gasteiger partial charge is 0.449 e.